The van der Waals surface area contributed by atoms with Crippen LogP contribution in [0.4, 0.5) is 20.2 Å². The zero-order valence-electron chi connectivity index (χ0n) is 23.0. The summed E-state index contributed by atoms with van der Waals surface area (Å²) in [5.74, 6) is -2.18. The van der Waals surface area contributed by atoms with Crippen LogP contribution in [0.1, 0.15) is 35.3 Å². The summed E-state index contributed by atoms with van der Waals surface area (Å²) in [4.78, 5) is 22.9. The van der Waals surface area contributed by atoms with Crippen LogP contribution in [0.15, 0.2) is 89.8 Å². The molecule has 4 aromatic rings. The Hall–Kier alpha value is -4.26. The summed E-state index contributed by atoms with van der Waals surface area (Å²) in [6.45, 7) is 1.67. The fourth-order valence-corrected chi connectivity index (χ4v) is 6.33. The molecule has 1 unspecified atom stereocenters. The molecule has 44 heavy (non-hydrogen) atoms. The summed E-state index contributed by atoms with van der Waals surface area (Å²) in [6.07, 6.45) is 0.279. The maximum atomic E-state index is 15.1. The van der Waals surface area contributed by atoms with Gasteiger partial charge in [-0.05, 0) is 67.9 Å². The van der Waals surface area contributed by atoms with E-state index >= 15 is 4.39 Å². The summed E-state index contributed by atoms with van der Waals surface area (Å²) < 4.78 is 63.8. The molecule has 0 aliphatic heterocycles. The van der Waals surface area contributed by atoms with Crippen molar-refractivity contribution in [3.63, 3.8) is 0 Å². The molecule has 1 amide bonds. The second-order valence-corrected chi connectivity index (χ2v) is 12.1. The highest BCUT2D eigenvalue weighted by Crippen LogP contribution is 2.38. The lowest BCUT2D eigenvalue weighted by atomic mass is 10.1. The number of benzene rings is 4. The van der Waals surface area contributed by atoms with Crippen LogP contribution < -0.4 is 14.4 Å². The highest BCUT2D eigenvalue weighted by molar-refractivity contribution is 7.92. The Morgan fingerprint density at radius 3 is 2.39 bits per heavy atom. The second-order valence-electron chi connectivity index (χ2n) is 9.44. The number of ether oxygens (including phenoxy) is 1. The zero-order valence-corrected chi connectivity index (χ0v) is 25.4. The Morgan fingerprint density at radius 2 is 1.68 bits per heavy atom. The average molecular weight is 665 g/mol. The highest BCUT2D eigenvalue weighted by atomic mass is 35.5. The van der Waals surface area contributed by atoms with Gasteiger partial charge in [0.25, 0.3) is 21.6 Å². The minimum Gasteiger partial charge on any atom is -0.493 e. The van der Waals surface area contributed by atoms with Crippen LogP contribution in [-0.4, -0.2) is 32.4 Å². The number of nitro benzene ring substituents is 1. The van der Waals surface area contributed by atoms with Crippen LogP contribution >= 0.6 is 23.2 Å². The van der Waals surface area contributed by atoms with Crippen molar-refractivity contribution >= 4 is 50.5 Å². The van der Waals surface area contributed by atoms with Gasteiger partial charge in [-0.15, -0.1) is 0 Å². The number of carbonyl (C=O) groups excluding carboxylic acids is 1. The number of carbonyl (C=O) groups is 1. The van der Waals surface area contributed by atoms with Crippen molar-refractivity contribution in [2.75, 3.05) is 17.5 Å². The quantitative estimate of drug-likeness (QED) is 0.0963. The molecule has 4 aromatic carbocycles. The number of nitrogens with zero attached hydrogens (tertiary/aromatic N) is 2. The SMILES string of the molecule is CC(c1ccccc1OCCCNC(=O)c1ccc(Cl)cc1[N+](=O)[O-])N(c1cc(F)ccc1F)S(=O)(=O)c1ccc(Cl)cc1. The maximum Gasteiger partial charge on any atom is 0.283 e. The van der Waals surface area contributed by atoms with Gasteiger partial charge in [-0.1, -0.05) is 41.4 Å². The number of para-hydroxylation sites is 1. The third-order valence-electron chi connectivity index (χ3n) is 6.50. The lowest BCUT2D eigenvalue weighted by Crippen LogP contribution is -2.34. The fraction of sp³-hybridized carbons (Fsp3) is 0.167. The van der Waals surface area contributed by atoms with Crippen molar-refractivity contribution in [3.05, 3.63) is 128 Å². The van der Waals surface area contributed by atoms with Gasteiger partial charge in [-0.2, -0.15) is 0 Å². The highest BCUT2D eigenvalue weighted by Gasteiger charge is 2.34. The first kappa shape index (κ1) is 32.6. The molecule has 0 radical (unpaired) electrons. The van der Waals surface area contributed by atoms with Gasteiger partial charge in [-0.3, -0.25) is 19.2 Å². The van der Waals surface area contributed by atoms with Gasteiger partial charge in [0.1, 0.15) is 22.9 Å². The molecule has 14 heteroatoms. The molecule has 0 saturated carbocycles. The molecule has 0 aromatic heterocycles. The van der Waals surface area contributed by atoms with E-state index in [2.05, 4.69) is 5.32 Å². The first-order chi connectivity index (χ1) is 20.9. The van der Waals surface area contributed by atoms with Crippen LogP contribution in [0, 0.1) is 21.7 Å². The van der Waals surface area contributed by atoms with E-state index in [9.17, 15) is 27.7 Å². The van der Waals surface area contributed by atoms with E-state index in [0.717, 1.165) is 28.6 Å². The Balaban J connectivity index is 1.54. The van der Waals surface area contributed by atoms with Crippen LogP contribution in [0.3, 0.4) is 0 Å². The zero-order chi connectivity index (χ0) is 32.0. The number of hydrogen-bond acceptors (Lipinski definition) is 6. The fourth-order valence-electron chi connectivity index (χ4n) is 4.40. The van der Waals surface area contributed by atoms with Gasteiger partial charge >= 0.3 is 0 Å². The molecular formula is C30H25Cl2F2N3O6S. The molecule has 0 spiro atoms. The molecule has 9 nitrogen and oxygen atoms in total. The third-order valence-corrected chi connectivity index (χ3v) is 8.89. The van der Waals surface area contributed by atoms with Crippen molar-refractivity contribution in [1.29, 1.82) is 0 Å². The largest absolute Gasteiger partial charge is 0.493 e. The predicted octanol–water partition coefficient (Wildman–Crippen LogP) is 7.34. The number of hydrogen-bond donors (Lipinski definition) is 1. The van der Waals surface area contributed by atoms with Crippen LogP contribution in [-0.2, 0) is 10.0 Å². The van der Waals surface area contributed by atoms with Crippen molar-refractivity contribution in [2.45, 2.75) is 24.3 Å². The van der Waals surface area contributed by atoms with E-state index in [0.29, 0.717) is 10.6 Å². The lowest BCUT2D eigenvalue weighted by molar-refractivity contribution is -0.385. The van der Waals surface area contributed by atoms with Gasteiger partial charge in [0, 0.05) is 34.3 Å². The van der Waals surface area contributed by atoms with Crippen LogP contribution in [0.2, 0.25) is 10.0 Å². The van der Waals surface area contributed by atoms with Crippen molar-refractivity contribution < 1.29 is 31.7 Å². The molecule has 0 aliphatic carbocycles. The third kappa shape index (κ3) is 7.44. The minimum atomic E-state index is -4.44. The standard InChI is InChI=1S/C30H25Cl2F2N3O6S/c1-19(36(28-18-22(33)10-14-26(28)34)44(41,42)23-11-7-20(31)8-12-23)24-5-2-3-6-29(24)43-16-4-15-35-30(38)25-13-9-21(32)17-27(25)37(39)40/h2-3,5-14,17-19H,4,15-16H2,1H3,(H,35,38). The number of rotatable bonds is 12. The van der Waals surface area contributed by atoms with Gasteiger partial charge in [-0.25, -0.2) is 17.2 Å². The van der Waals surface area contributed by atoms with Crippen molar-refractivity contribution in [1.82, 2.24) is 5.32 Å². The Kier molecular flexibility index (Phi) is 10.4. The number of anilines is 1. The number of amides is 1. The maximum absolute atomic E-state index is 15.1. The molecule has 0 bridgehead atoms. The average Bonchev–Trinajstić information content (AvgIpc) is 2.99. The first-order valence-corrected chi connectivity index (χ1v) is 15.3. The molecule has 4 rings (SSSR count). The Morgan fingerprint density at radius 1 is 1.00 bits per heavy atom. The molecular weight excluding hydrogens is 639 g/mol. The van der Waals surface area contributed by atoms with Gasteiger partial charge in [0.15, 0.2) is 0 Å². The predicted molar refractivity (Wildman–Crippen MR) is 163 cm³/mol. The normalized spacial score (nSPS) is 11.9. The monoisotopic (exact) mass is 663 g/mol. The summed E-state index contributed by atoms with van der Waals surface area (Å²) in [6, 6.07) is 17.0. The van der Waals surface area contributed by atoms with Gasteiger partial charge in [0.2, 0.25) is 0 Å². The first-order valence-electron chi connectivity index (χ1n) is 13.1. The Labute approximate surface area is 262 Å². The van der Waals surface area contributed by atoms with Gasteiger partial charge < -0.3 is 10.1 Å². The molecule has 1 N–H and O–H groups in total. The van der Waals surface area contributed by atoms with Crippen molar-refractivity contribution in [2.24, 2.45) is 0 Å². The molecule has 230 valence electrons. The lowest BCUT2D eigenvalue weighted by Gasteiger charge is -2.32. The van der Waals surface area contributed by atoms with Crippen molar-refractivity contribution in [3.8, 4) is 5.75 Å². The molecule has 0 aliphatic rings. The number of nitrogens with one attached hydrogen (secondary N) is 1. The van der Waals surface area contributed by atoms with Gasteiger partial charge in [0.05, 0.1) is 28.2 Å². The molecule has 0 fully saturated rings. The van der Waals surface area contributed by atoms with E-state index in [1.165, 1.54) is 43.3 Å². The van der Waals surface area contributed by atoms with E-state index in [1.54, 1.807) is 24.3 Å². The number of halogens is 4. The second kappa shape index (κ2) is 14.0. The summed E-state index contributed by atoms with van der Waals surface area (Å²) >= 11 is 11.7. The summed E-state index contributed by atoms with van der Waals surface area (Å²) in [5, 5.41) is 14.3. The van der Waals surface area contributed by atoms with Crippen LogP contribution in [0.25, 0.3) is 0 Å². The minimum absolute atomic E-state index is 0.0605. The van der Waals surface area contributed by atoms with E-state index in [4.69, 9.17) is 27.9 Å². The molecule has 1 atom stereocenters. The Bertz CT molecular complexity index is 1790. The summed E-state index contributed by atoms with van der Waals surface area (Å²) in [5.41, 5.74) is -0.719. The number of sulfonamides is 1. The van der Waals surface area contributed by atoms with Crippen LogP contribution in [0.5, 0.6) is 5.75 Å². The molecule has 0 saturated heterocycles. The molecule has 0 heterocycles. The smallest absolute Gasteiger partial charge is 0.283 e. The summed E-state index contributed by atoms with van der Waals surface area (Å²) in [7, 11) is -4.44. The topological polar surface area (TPSA) is 119 Å². The number of nitro groups is 1. The van der Waals surface area contributed by atoms with E-state index in [1.807, 2.05) is 0 Å². The van der Waals surface area contributed by atoms with E-state index in [-0.39, 0.29) is 40.8 Å². The van der Waals surface area contributed by atoms with E-state index < -0.39 is 49.9 Å².